The van der Waals surface area contributed by atoms with Crippen molar-refractivity contribution < 1.29 is 14.7 Å². The molecule has 3 rings (SSSR count). The summed E-state index contributed by atoms with van der Waals surface area (Å²) in [6, 6.07) is 15.8. The highest BCUT2D eigenvalue weighted by Crippen LogP contribution is 2.21. The summed E-state index contributed by atoms with van der Waals surface area (Å²) in [4.78, 5) is 35.9. The summed E-state index contributed by atoms with van der Waals surface area (Å²) in [5.41, 5.74) is 0.770. The fourth-order valence-corrected chi connectivity index (χ4v) is 2.87. The molecule has 2 aromatic carbocycles. The summed E-state index contributed by atoms with van der Waals surface area (Å²) in [6.07, 6.45) is -0.324. The minimum atomic E-state index is -1.07. The van der Waals surface area contributed by atoms with Crippen LogP contribution >= 0.6 is 11.6 Å². The lowest BCUT2D eigenvalue weighted by molar-refractivity contribution is -0.137. The molecule has 3 aromatic rings. The third-order valence-corrected chi connectivity index (χ3v) is 4.15. The van der Waals surface area contributed by atoms with E-state index in [2.05, 4.69) is 10.4 Å². The van der Waals surface area contributed by atoms with Gasteiger partial charge in [0.15, 0.2) is 0 Å². The molecule has 1 aromatic heterocycles. The molecule has 0 fully saturated rings. The Balaban J connectivity index is 1.86. The van der Waals surface area contributed by atoms with Crippen LogP contribution in [0.15, 0.2) is 65.5 Å². The summed E-state index contributed by atoms with van der Waals surface area (Å²) >= 11 is 5.96. The van der Waals surface area contributed by atoms with Crippen molar-refractivity contribution in [1.82, 2.24) is 15.1 Å². The minimum Gasteiger partial charge on any atom is -0.481 e. The molecule has 0 unspecified atom stereocenters. The van der Waals surface area contributed by atoms with Gasteiger partial charge in [-0.05, 0) is 29.8 Å². The zero-order valence-electron chi connectivity index (χ0n) is 14.1. The van der Waals surface area contributed by atoms with E-state index < -0.39 is 23.5 Å². The summed E-state index contributed by atoms with van der Waals surface area (Å²) < 4.78 is 1.24. The number of para-hydroxylation sites is 1. The molecular weight excluding hydrogens is 370 g/mol. The van der Waals surface area contributed by atoms with E-state index in [-0.39, 0.29) is 12.1 Å². The van der Waals surface area contributed by atoms with Crippen LogP contribution in [0.25, 0.3) is 5.69 Å². The van der Waals surface area contributed by atoms with Crippen molar-refractivity contribution in [2.24, 2.45) is 0 Å². The van der Waals surface area contributed by atoms with Gasteiger partial charge in [-0.3, -0.25) is 19.5 Å². The van der Waals surface area contributed by atoms with Crippen molar-refractivity contribution in [2.45, 2.75) is 12.5 Å². The van der Waals surface area contributed by atoms with Crippen LogP contribution < -0.4 is 10.9 Å². The molecule has 0 saturated heterocycles. The molecule has 138 valence electrons. The van der Waals surface area contributed by atoms with Gasteiger partial charge >= 0.3 is 5.97 Å². The standard InChI is InChI=1S/C19H16ClN3O4/c20-13-6-4-5-12(9-13)15(11-18(25)26)21-19(27)16-10-17(24)23(22-16)14-7-2-1-3-8-14/h1-10,15,22H,11H2,(H,21,27)(H,25,26)/t15-/m0/s1. The quantitative estimate of drug-likeness (QED) is 0.606. The van der Waals surface area contributed by atoms with Gasteiger partial charge in [-0.15, -0.1) is 0 Å². The highest BCUT2D eigenvalue weighted by atomic mass is 35.5. The number of rotatable bonds is 6. The van der Waals surface area contributed by atoms with Crippen LogP contribution in [0.3, 0.4) is 0 Å². The van der Waals surface area contributed by atoms with Crippen molar-refractivity contribution in [2.75, 3.05) is 0 Å². The predicted molar refractivity (Wildman–Crippen MR) is 100 cm³/mol. The molecule has 8 heteroatoms. The first-order chi connectivity index (χ1) is 12.9. The lowest BCUT2D eigenvalue weighted by Gasteiger charge is -2.17. The topological polar surface area (TPSA) is 104 Å². The van der Waals surface area contributed by atoms with Gasteiger partial charge in [-0.25, -0.2) is 4.68 Å². The number of hydrogen-bond donors (Lipinski definition) is 3. The van der Waals surface area contributed by atoms with Gasteiger partial charge < -0.3 is 10.4 Å². The van der Waals surface area contributed by atoms with E-state index in [1.165, 1.54) is 4.68 Å². The number of halogens is 1. The van der Waals surface area contributed by atoms with Gasteiger partial charge in [-0.2, -0.15) is 0 Å². The van der Waals surface area contributed by atoms with E-state index in [1.54, 1.807) is 48.5 Å². The molecule has 0 aliphatic rings. The third kappa shape index (κ3) is 4.45. The minimum absolute atomic E-state index is 0.0290. The van der Waals surface area contributed by atoms with Crippen LogP contribution in [0.5, 0.6) is 0 Å². The molecular formula is C19H16ClN3O4. The Labute approximate surface area is 159 Å². The van der Waals surface area contributed by atoms with E-state index in [0.717, 1.165) is 6.07 Å². The van der Waals surface area contributed by atoms with Crippen molar-refractivity contribution >= 4 is 23.5 Å². The van der Waals surface area contributed by atoms with Crippen molar-refractivity contribution in [3.63, 3.8) is 0 Å². The number of hydrogen-bond acceptors (Lipinski definition) is 3. The van der Waals surface area contributed by atoms with Gasteiger partial charge in [-0.1, -0.05) is 41.9 Å². The Morgan fingerprint density at radius 3 is 2.52 bits per heavy atom. The van der Waals surface area contributed by atoms with Crippen molar-refractivity contribution in [3.05, 3.63) is 87.3 Å². The van der Waals surface area contributed by atoms with E-state index in [9.17, 15) is 14.4 Å². The first-order valence-corrected chi connectivity index (χ1v) is 8.47. The second-order valence-electron chi connectivity index (χ2n) is 5.86. The predicted octanol–water partition coefficient (Wildman–Crippen LogP) is 2.76. The number of carbonyl (C=O) groups is 2. The van der Waals surface area contributed by atoms with Gasteiger partial charge in [0.1, 0.15) is 5.69 Å². The van der Waals surface area contributed by atoms with Crippen molar-refractivity contribution in [3.8, 4) is 5.69 Å². The summed E-state index contributed by atoms with van der Waals surface area (Å²) in [6.45, 7) is 0. The maximum Gasteiger partial charge on any atom is 0.305 e. The van der Waals surface area contributed by atoms with E-state index >= 15 is 0 Å². The van der Waals surface area contributed by atoms with Crippen LogP contribution in [0, 0.1) is 0 Å². The zero-order valence-corrected chi connectivity index (χ0v) is 14.8. The molecule has 0 radical (unpaired) electrons. The zero-order chi connectivity index (χ0) is 19.4. The Bertz CT molecular complexity index is 1030. The summed E-state index contributed by atoms with van der Waals surface area (Å²) in [7, 11) is 0. The second-order valence-corrected chi connectivity index (χ2v) is 6.29. The number of nitrogens with one attached hydrogen (secondary N) is 2. The normalized spacial score (nSPS) is 11.7. The number of nitrogens with zero attached hydrogens (tertiary/aromatic N) is 1. The number of carboxylic acids is 1. The second kappa shape index (κ2) is 7.92. The number of carbonyl (C=O) groups excluding carboxylic acids is 1. The van der Waals surface area contributed by atoms with Gasteiger partial charge in [0, 0.05) is 11.1 Å². The lowest BCUT2D eigenvalue weighted by Crippen LogP contribution is -2.30. The monoisotopic (exact) mass is 385 g/mol. The van der Waals surface area contributed by atoms with E-state index in [4.69, 9.17) is 16.7 Å². The molecule has 1 heterocycles. The third-order valence-electron chi connectivity index (χ3n) is 3.91. The average molecular weight is 386 g/mol. The van der Waals surface area contributed by atoms with Crippen molar-refractivity contribution in [1.29, 1.82) is 0 Å². The molecule has 27 heavy (non-hydrogen) atoms. The average Bonchev–Trinajstić information content (AvgIpc) is 3.03. The van der Waals surface area contributed by atoms with Crippen LogP contribution in [0.4, 0.5) is 0 Å². The first-order valence-electron chi connectivity index (χ1n) is 8.09. The lowest BCUT2D eigenvalue weighted by atomic mass is 10.0. The van der Waals surface area contributed by atoms with Crippen LogP contribution in [0.2, 0.25) is 5.02 Å². The molecule has 7 nitrogen and oxygen atoms in total. The maximum absolute atomic E-state index is 12.6. The SMILES string of the molecule is O=C(O)C[C@H](NC(=O)c1cc(=O)n(-c2ccccc2)[nH]1)c1cccc(Cl)c1. The highest BCUT2D eigenvalue weighted by molar-refractivity contribution is 6.30. The van der Waals surface area contributed by atoms with E-state index in [1.807, 2.05) is 6.07 Å². The number of H-pyrrole nitrogens is 1. The molecule has 0 bridgehead atoms. The largest absolute Gasteiger partial charge is 0.481 e. The Kier molecular flexibility index (Phi) is 5.42. The highest BCUT2D eigenvalue weighted by Gasteiger charge is 2.21. The number of amides is 1. The molecule has 1 amide bonds. The van der Waals surface area contributed by atoms with Crippen LogP contribution in [-0.2, 0) is 4.79 Å². The Hall–Kier alpha value is -3.32. The number of aromatic nitrogens is 2. The number of aliphatic carboxylic acids is 1. The smallest absolute Gasteiger partial charge is 0.305 e. The van der Waals surface area contributed by atoms with Crippen LogP contribution in [0.1, 0.15) is 28.5 Å². The molecule has 0 aliphatic heterocycles. The maximum atomic E-state index is 12.6. The number of benzene rings is 2. The summed E-state index contributed by atoms with van der Waals surface area (Å²) in [5, 5.41) is 15.0. The fraction of sp³-hybridized carbons (Fsp3) is 0.105. The molecule has 3 N–H and O–H groups in total. The Morgan fingerprint density at radius 2 is 1.85 bits per heavy atom. The summed E-state index contributed by atoms with van der Waals surface area (Å²) in [5.74, 6) is -1.66. The molecule has 0 aliphatic carbocycles. The molecule has 0 saturated carbocycles. The van der Waals surface area contributed by atoms with Gasteiger partial charge in [0.05, 0.1) is 18.2 Å². The van der Waals surface area contributed by atoms with E-state index in [0.29, 0.717) is 16.3 Å². The number of aromatic amines is 1. The Morgan fingerprint density at radius 1 is 1.11 bits per heavy atom. The molecule has 1 atom stereocenters. The van der Waals surface area contributed by atoms with Crippen LogP contribution in [-0.4, -0.2) is 26.8 Å². The van der Waals surface area contributed by atoms with Gasteiger partial charge in [0.25, 0.3) is 11.5 Å². The first kappa shape index (κ1) is 18.5. The molecule has 0 spiro atoms. The van der Waals surface area contributed by atoms with Gasteiger partial charge in [0.2, 0.25) is 0 Å². The number of carboxylic acid groups (broad SMARTS) is 1. The fourth-order valence-electron chi connectivity index (χ4n) is 2.67.